The fourth-order valence-corrected chi connectivity index (χ4v) is 5.33. The normalized spacial score (nSPS) is 13.2. The smallest absolute Gasteiger partial charge is 0.263 e. The van der Waals surface area contributed by atoms with Gasteiger partial charge in [-0.15, -0.1) is 0 Å². The highest BCUT2D eigenvalue weighted by molar-refractivity contribution is 7.92. The van der Waals surface area contributed by atoms with Crippen molar-refractivity contribution in [3.8, 4) is 0 Å². The van der Waals surface area contributed by atoms with E-state index in [1.54, 1.807) is 17.0 Å². The molecule has 0 unspecified atom stereocenters. The summed E-state index contributed by atoms with van der Waals surface area (Å²) < 4.78 is 28.7. The SMILES string of the molecule is Cc1ccc(NS(=O)(=O)c2cc(C(=O)N3CCc4ccccc43)ccc2Cl)c(C)c1. The third-order valence-corrected chi connectivity index (χ3v) is 7.07. The molecule has 30 heavy (non-hydrogen) atoms. The molecule has 0 spiro atoms. The molecule has 0 fully saturated rings. The van der Waals surface area contributed by atoms with Crippen LogP contribution in [0.4, 0.5) is 11.4 Å². The molecule has 0 saturated carbocycles. The van der Waals surface area contributed by atoms with Crippen molar-refractivity contribution in [2.24, 2.45) is 0 Å². The summed E-state index contributed by atoms with van der Waals surface area (Å²) in [6.07, 6.45) is 0.773. The van der Waals surface area contributed by atoms with Gasteiger partial charge in [0, 0.05) is 17.8 Å². The molecule has 0 radical (unpaired) electrons. The Bertz CT molecular complexity index is 1260. The standard InChI is InChI=1S/C23H21ClN2O3S/c1-15-7-10-20(16(2)13-15)25-30(28,29)22-14-18(8-9-19(22)24)23(27)26-12-11-17-5-3-4-6-21(17)26/h3-10,13-14,25H,11-12H2,1-2H3. The first-order valence-corrected chi connectivity index (χ1v) is 11.4. The van der Waals surface area contributed by atoms with E-state index in [0.29, 0.717) is 12.2 Å². The molecule has 4 rings (SSSR count). The zero-order valence-electron chi connectivity index (χ0n) is 16.6. The van der Waals surface area contributed by atoms with Gasteiger partial charge in [0.15, 0.2) is 0 Å². The number of fused-ring (bicyclic) bond motifs is 1. The highest BCUT2D eigenvalue weighted by Gasteiger charge is 2.27. The number of nitrogens with zero attached hydrogens (tertiary/aromatic N) is 1. The number of halogens is 1. The Hall–Kier alpha value is -2.83. The Morgan fingerprint density at radius 1 is 1.03 bits per heavy atom. The van der Waals surface area contributed by atoms with Gasteiger partial charge in [-0.25, -0.2) is 8.42 Å². The van der Waals surface area contributed by atoms with Crippen LogP contribution in [-0.4, -0.2) is 20.9 Å². The maximum absolute atomic E-state index is 13.1. The second-order valence-corrected chi connectivity index (χ2v) is 9.46. The molecule has 7 heteroatoms. The van der Waals surface area contributed by atoms with Gasteiger partial charge in [-0.1, -0.05) is 47.5 Å². The Balaban J connectivity index is 1.67. The zero-order chi connectivity index (χ0) is 21.5. The van der Waals surface area contributed by atoms with E-state index in [-0.39, 0.29) is 21.4 Å². The lowest BCUT2D eigenvalue weighted by Crippen LogP contribution is -2.29. The highest BCUT2D eigenvalue weighted by atomic mass is 35.5. The number of sulfonamides is 1. The minimum atomic E-state index is -3.97. The van der Waals surface area contributed by atoms with Gasteiger partial charge in [0.25, 0.3) is 15.9 Å². The summed E-state index contributed by atoms with van der Waals surface area (Å²) in [7, 11) is -3.97. The molecule has 0 aliphatic carbocycles. The van der Waals surface area contributed by atoms with Gasteiger partial charge in [-0.3, -0.25) is 9.52 Å². The van der Waals surface area contributed by atoms with E-state index in [9.17, 15) is 13.2 Å². The second-order valence-electron chi connectivity index (χ2n) is 7.40. The topological polar surface area (TPSA) is 66.5 Å². The number of carbonyl (C=O) groups is 1. The summed E-state index contributed by atoms with van der Waals surface area (Å²) in [5.41, 5.74) is 4.54. The Labute approximate surface area is 181 Å². The number of anilines is 2. The lowest BCUT2D eigenvalue weighted by molar-refractivity contribution is 0.0989. The van der Waals surface area contributed by atoms with Crippen LogP contribution in [-0.2, 0) is 16.4 Å². The number of hydrogen-bond acceptors (Lipinski definition) is 3. The van der Waals surface area contributed by atoms with E-state index in [4.69, 9.17) is 11.6 Å². The van der Waals surface area contributed by atoms with Crippen molar-refractivity contribution >= 4 is 38.9 Å². The van der Waals surface area contributed by atoms with Gasteiger partial charge in [-0.2, -0.15) is 0 Å². The molecule has 5 nitrogen and oxygen atoms in total. The Morgan fingerprint density at radius 2 is 1.80 bits per heavy atom. The van der Waals surface area contributed by atoms with E-state index in [1.807, 2.05) is 50.2 Å². The van der Waals surface area contributed by atoms with Crippen LogP contribution in [0.15, 0.2) is 65.6 Å². The van der Waals surface area contributed by atoms with Gasteiger partial charge >= 0.3 is 0 Å². The molecule has 154 valence electrons. The number of amides is 1. The first kappa shape index (κ1) is 20.4. The zero-order valence-corrected chi connectivity index (χ0v) is 18.2. The van der Waals surface area contributed by atoms with Crippen molar-refractivity contribution < 1.29 is 13.2 Å². The number of carbonyl (C=O) groups excluding carboxylic acids is 1. The summed E-state index contributed by atoms with van der Waals surface area (Å²) in [5, 5.41) is 0.0608. The minimum Gasteiger partial charge on any atom is -0.308 e. The van der Waals surface area contributed by atoms with Crippen LogP contribution in [0, 0.1) is 13.8 Å². The third-order valence-electron chi connectivity index (χ3n) is 5.23. The average Bonchev–Trinajstić information content (AvgIpc) is 3.14. The van der Waals surface area contributed by atoms with Gasteiger partial charge in [0.1, 0.15) is 4.90 Å². The molecular weight excluding hydrogens is 420 g/mol. The summed E-state index contributed by atoms with van der Waals surface area (Å²) in [5.74, 6) is -0.250. The third kappa shape index (κ3) is 3.80. The Kier molecular flexibility index (Phi) is 5.30. The number of aryl methyl sites for hydroxylation is 2. The fourth-order valence-electron chi connectivity index (χ4n) is 3.68. The predicted octanol–water partition coefficient (Wildman–Crippen LogP) is 4.96. The first-order valence-electron chi connectivity index (χ1n) is 9.56. The van der Waals surface area contributed by atoms with Crippen LogP contribution in [0.25, 0.3) is 0 Å². The summed E-state index contributed by atoms with van der Waals surface area (Å²) in [4.78, 5) is 14.7. The maximum atomic E-state index is 13.1. The van der Waals surface area contributed by atoms with Crippen molar-refractivity contribution in [1.29, 1.82) is 0 Å². The van der Waals surface area contributed by atoms with Crippen LogP contribution >= 0.6 is 11.6 Å². The van der Waals surface area contributed by atoms with Crippen molar-refractivity contribution in [1.82, 2.24) is 0 Å². The molecule has 0 bridgehead atoms. The van der Waals surface area contributed by atoms with Gasteiger partial charge in [-0.05, 0) is 61.7 Å². The molecule has 0 aromatic heterocycles. The van der Waals surface area contributed by atoms with Crippen molar-refractivity contribution in [2.75, 3.05) is 16.2 Å². The molecule has 0 saturated heterocycles. The first-order chi connectivity index (χ1) is 14.3. The van der Waals surface area contributed by atoms with Crippen molar-refractivity contribution in [3.63, 3.8) is 0 Å². The number of hydrogen-bond donors (Lipinski definition) is 1. The van der Waals surface area contributed by atoms with E-state index < -0.39 is 10.0 Å². The second kappa shape index (κ2) is 7.78. The summed E-state index contributed by atoms with van der Waals surface area (Å²) in [6.45, 7) is 4.33. The van der Waals surface area contributed by atoms with Crippen LogP contribution in [0.3, 0.4) is 0 Å². The fraction of sp³-hybridized carbons (Fsp3) is 0.174. The highest BCUT2D eigenvalue weighted by Crippen LogP contribution is 2.31. The minimum absolute atomic E-state index is 0.0608. The summed E-state index contributed by atoms with van der Waals surface area (Å²) >= 11 is 6.21. The lowest BCUT2D eigenvalue weighted by atomic mass is 10.1. The molecule has 1 aliphatic rings. The average molecular weight is 441 g/mol. The number of para-hydroxylation sites is 1. The monoisotopic (exact) mass is 440 g/mol. The van der Waals surface area contributed by atoms with Crippen LogP contribution in [0.5, 0.6) is 0 Å². The molecule has 0 atom stereocenters. The molecule has 1 heterocycles. The van der Waals surface area contributed by atoms with Crippen LogP contribution in [0.2, 0.25) is 5.02 Å². The molecule has 3 aromatic rings. The molecule has 1 amide bonds. The molecule has 1 N–H and O–H groups in total. The van der Waals surface area contributed by atoms with E-state index in [2.05, 4.69) is 4.72 Å². The van der Waals surface area contributed by atoms with Gasteiger partial charge in [0.05, 0.1) is 10.7 Å². The number of nitrogens with one attached hydrogen (secondary N) is 1. The van der Waals surface area contributed by atoms with Crippen molar-refractivity contribution in [2.45, 2.75) is 25.2 Å². The van der Waals surface area contributed by atoms with E-state index in [1.165, 1.54) is 12.1 Å². The quantitative estimate of drug-likeness (QED) is 0.623. The van der Waals surface area contributed by atoms with Gasteiger partial charge < -0.3 is 4.90 Å². The molecule has 1 aliphatic heterocycles. The lowest BCUT2D eigenvalue weighted by Gasteiger charge is -2.18. The molecular formula is C23H21ClN2O3S. The molecule has 3 aromatic carbocycles. The van der Waals surface area contributed by atoms with E-state index >= 15 is 0 Å². The number of rotatable bonds is 4. The van der Waals surface area contributed by atoms with Gasteiger partial charge in [0.2, 0.25) is 0 Å². The largest absolute Gasteiger partial charge is 0.308 e. The van der Waals surface area contributed by atoms with Crippen molar-refractivity contribution in [3.05, 3.63) is 87.9 Å². The maximum Gasteiger partial charge on any atom is 0.263 e. The van der Waals surface area contributed by atoms with Crippen LogP contribution in [0.1, 0.15) is 27.0 Å². The predicted molar refractivity (Wildman–Crippen MR) is 120 cm³/mol. The summed E-state index contributed by atoms with van der Waals surface area (Å²) in [6, 6.07) is 17.5. The van der Waals surface area contributed by atoms with E-state index in [0.717, 1.165) is 28.8 Å². The Morgan fingerprint density at radius 3 is 2.57 bits per heavy atom. The van der Waals surface area contributed by atoms with Crippen LogP contribution < -0.4 is 9.62 Å². The number of benzene rings is 3.